The highest BCUT2D eigenvalue weighted by molar-refractivity contribution is 5.64. The van der Waals surface area contributed by atoms with Crippen molar-refractivity contribution in [2.75, 3.05) is 0 Å². The van der Waals surface area contributed by atoms with Gasteiger partial charge in [-0.2, -0.15) is 0 Å². The van der Waals surface area contributed by atoms with Crippen LogP contribution in [0.5, 0.6) is 5.75 Å². The summed E-state index contributed by atoms with van der Waals surface area (Å²) in [6, 6.07) is 5.44. The molecule has 0 aromatic heterocycles. The second-order valence-electron chi connectivity index (χ2n) is 2.68. The molecular formula is C9H11NO3. The van der Waals surface area contributed by atoms with Gasteiger partial charge in [-0.05, 0) is 31.0 Å². The number of carbonyl (C=O) groups is 1. The lowest BCUT2D eigenvalue weighted by Crippen LogP contribution is -2.15. The fourth-order valence-corrected chi connectivity index (χ4v) is 0.900. The van der Waals surface area contributed by atoms with Gasteiger partial charge in [0.05, 0.1) is 0 Å². The SMILES string of the molecule is Cc1cccc(OOC(N)=O)c1C. The van der Waals surface area contributed by atoms with E-state index in [0.29, 0.717) is 5.75 Å². The van der Waals surface area contributed by atoms with Gasteiger partial charge in [0.2, 0.25) is 0 Å². The fourth-order valence-electron chi connectivity index (χ4n) is 0.900. The molecule has 0 saturated heterocycles. The molecule has 2 N–H and O–H groups in total. The second kappa shape index (κ2) is 3.80. The van der Waals surface area contributed by atoms with E-state index in [4.69, 9.17) is 10.6 Å². The molecule has 13 heavy (non-hydrogen) atoms. The number of amides is 1. The summed E-state index contributed by atoms with van der Waals surface area (Å²) < 4.78 is 0. The molecule has 0 aliphatic carbocycles. The first-order chi connectivity index (χ1) is 6.11. The third-order valence-electron chi connectivity index (χ3n) is 1.77. The van der Waals surface area contributed by atoms with E-state index in [1.54, 1.807) is 6.07 Å². The smallest absolute Gasteiger partial charge is 0.332 e. The molecule has 1 aromatic rings. The predicted molar refractivity (Wildman–Crippen MR) is 47.2 cm³/mol. The maximum absolute atomic E-state index is 10.2. The molecule has 70 valence electrons. The number of hydrogen-bond donors (Lipinski definition) is 1. The summed E-state index contributed by atoms with van der Waals surface area (Å²) in [7, 11) is 0. The lowest BCUT2D eigenvalue weighted by Gasteiger charge is -2.06. The van der Waals surface area contributed by atoms with Crippen molar-refractivity contribution in [1.82, 2.24) is 0 Å². The minimum Gasteiger partial charge on any atom is -0.332 e. The Morgan fingerprint density at radius 3 is 2.69 bits per heavy atom. The van der Waals surface area contributed by atoms with Crippen molar-refractivity contribution in [2.24, 2.45) is 5.73 Å². The molecule has 1 amide bonds. The summed E-state index contributed by atoms with van der Waals surface area (Å²) in [4.78, 5) is 19.2. The zero-order valence-electron chi connectivity index (χ0n) is 7.53. The second-order valence-corrected chi connectivity index (χ2v) is 2.68. The predicted octanol–water partition coefficient (Wildman–Crippen LogP) is 1.69. The molecule has 0 fully saturated rings. The Bertz CT molecular complexity index is 323. The number of nitrogens with two attached hydrogens (primary N) is 1. The quantitative estimate of drug-likeness (QED) is 0.557. The van der Waals surface area contributed by atoms with Gasteiger partial charge in [0.25, 0.3) is 0 Å². The van der Waals surface area contributed by atoms with Gasteiger partial charge >= 0.3 is 6.09 Å². The molecule has 0 bridgehead atoms. The molecule has 1 aromatic carbocycles. The molecule has 1 rings (SSSR count). The van der Waals surface area contributed by atoms with Crippen molar-refractivity contribution < 1.29 is 14.6 Å². The maximum atomic E-state index is 10.2. The van der Waals surface area contributed by atoms with Gasteiger partial charge in [0, 0.05) is 0 Å². The van der Waals surface area contributed by atoms with Crippen molar-refractivity contribution in [3.8, 4) is 5.75 Å². The number of rotatable bonds is 2. The Morgan fingerprint density at radius 1 is 1.38 bits per heavy atom. The van der Waals surface area contributed by atoms with Gasteiger partial charge in [-0.25, -0.2) is 9.68 Å². The van der Waals surface area contributed by atoms with Crippen molar-refractivity contribution in [3.05, 3.63) is 29.3 Å². The molecule has 0 aliphatic rings. The van der Waals surface area contributed by atoms with E-state index >= 15 is 0 Å². The van der Waals surface area contributed by atoms with E-state index < -0.39 is 6.09 Å². The van der Waals surface area contributed by atoms with Crippen LogP contribution in [0.4, 0.5) is 4.79 Å². The van der Waals surface area contributed by atoms with Crippen LogP contribution in [0.3, 0.4) is 0 Å². The monoisotopic (exact) mass is 181 g/mol. The van der Waals surface area contributed by atoms with Gasteiger partial charge in [0.15, 0.2) is 5.75 Å². The first kappa shape index (κ1) is 9.38. The molecular weight excluding hydrogens is 170 g/mol. The average molecular weight is 181 g/mol. The Balaban J connectivity index is 2.77. The standard InChI is InChI=1S/C9H11NO3/c1-6-4-3-5-8(7(6)2)12-13-9(10)11/h3-5H,1-2H3,(H2,10,11). The molecule has 4 heteroatoms. The van der Waals surface area contributed by atoms with E-state index in [-0.39, 0.29) is 0 Å². The minimum absolute atomic E-state index is 0.499. The first-order valence-corrected chi connectivity index (χ1v) is 3.81. The van der Waals surface area contributed by atoms with E-state index in [0.717, 1.165) is 11.1 Å². The molecule has 0 unspecified atom stereocenters. The van der Waals surface area contributed by atoms with Crippen molar-refractivity contribution >= 4 is 6.09 Å². The summed E-state index contributed by atoms with van der Waals surface area (Å²) in [5.74, 6) is 0.499. The maximum Gasteiger partial charge on any atom is 0.447 e. The van der Waals surface area contributed by atoms with Crippen molar-refractivity contribution in [2.45, 2.75) is 13.8 Å². The number of primary amides is 1. The van der Waals surface area contributed by atoms with Crippen LogP contribution < -0.4 is 10.6 Å². The Morgan fingerprint density at radius 2 is 2.08 bits per heavy atom. The highest BCUT2D eigenvalue weighted by Crippen LogP contribution is 2.20. The number of benzene rings is 1. The van der Waals surface area contributed by atoms with Crippen molar-refractivity contribution in [1.29, 1.82) is 0 Å². The molecule has 0 heterocycles. The molecule has 0 saturated carbocycles. The topological polar surface area (TPSA) is 61.6 Å². The van der Waals surface area contributed by atoms with Crippen LogP contribution in [0.1, 0.15) is 11.1 Å². The van der Waals surface area contributed by atoms with E-state index in [1.807, 2.05) is 26.0 Å². The molecule has 0 aliphatic heterocycles. The van der Waals surface area contributed by atoms with Gasteiger partial charge in [-0.1, -0.05) is 12.1 Å². The third kappa shape index (κ3) is 2.37. The van der Waals surface area contributed by atoms with Gasteiger partial charge < -0.3 is 5.73 Å². The normalized spacial score (nSPS) is 9.38. The van der Waals surface area contributed by atoms with Crippen LogP contribution in [0.2, 0.25) is 0 Å². The van der Waals surface area contributed by atoms with E-state index in [1.165, 1.54) is 0 Å². The number of hydrogen-bond acceptors (Lipinski definition) is 3. The Labute approximate surface area is 76.2 Å². The molecule has 0 atom stereocenters. The number of aryl methyl sites for hydroxylation is 1. The highest BCUT2D eigenvalue weighted by Gasteiger charge is 2.04. The largest absolute Gasteiger partial charge is 0.447 e. The van der Waals surface area contributed by atoms with E-state index in [9.17, 15) is 4.79 Å². The molecule has 0 radical (unpaired) electrons. The van der Waals surface area contributed by atoms with Crippen LogP contribution in [0, 0.1) is 13.8 Å². The lowest BCUT2D eigenvalue weighted by atomic mass is 10.1. The van der Waals surface area contributed by atoms with Crippen molar-refractivity contribution in [3.63, 3.8) is 0 Å². The average Bonchev–Trinajstić information content (AvgIpc) is 2.07. The zero-order valence-corrected chi connectivity index (χ0v) is 7.53. The van der Waals surface area contributed by atoms with Crippen LogP contribution in [-0.4, -0.2) is 6.09 Å². The van der Waals surface area contributed by atoms with Crippen LogP contribution in [-0.2, 0) is 4.89 Å². The summed E-state index contributed by atoms with van der Waals surface area (Å²) in [6.07, 6.45) is -0.957. The first-order valence-electron chi connectivity index (χ1n) is 3.81. The summed E-state index contributed by atoms with van der Waals surface area (Å²) in [6.45, 7) is 3.81. The van der Waals surface area contributed by atoms with Gasteiger partial charge in [0.1, 0.15) is 0 Å². The Kier molecular flexibility index (Phi) is 2.74. The summed E-state index contributed by atoms with van der Waals surface area (Å²) >= 11 is 0. The van der Waals surface area contributed by atoms with Crippen LogP contribution in [0.15, 0.2) is 18.2 Å². The fraction of sp³-hybridized carbons (Fsp3) is 0.222. The Hall–Kier alpha value is -1.71. The molecule has 0 spiro atoms. The van der Waals surface area contributed by atoms with E-state index in [2.05, 4.69) is 4.89 Å². The van der Waals surface area contributed by atoms with Gasteiger partial charge in [-0.15, -0.1) is 0 Å². The third-order valence-corrected chi connectivity index (χ3v) is 1.77. The zero-order chi connectivity index (χ0) is 9.84. The summed E-state index contributed by atoms with van der Waals surface area (Å²) in [5, 5.41) is 0. The highest BCUT2D eigenvalue weighted by atomic mass is 17.2. The van der Waals surface area contributed by atoms with Gasteiger partial charge in [-0.3, -0.25) is 4.89 Å². The summed E-state index contributed by atoms with van der Waals surface area (Å²) in [5.41, 5.74) is 6.72. The minimum atomic E-state index is -0.957. The lowest BCUT2D eigenvalue weighted by molar-refractivity contribution is -0.139. The van der Waals surface area contributed by atoms with Crippen LogP contribution in [0.25, 0.3) is 0 Å². The molecule has 4 nitrogen and oxygen atoms in total. The van der Waals surface area contributed by atoms with Crippen LogP contribution >= 0.6 is 0 Å². The number of carbonyl (C=O) groups excluding carboxylic acids is 1.